The number of carbonyl (C=O) groups excluding carboxylic acids is 3. The molecule has 0 aliphatic rings. The third-order valence-corrected chi connectivity index (χ3v) is 11.2. The van der Waals surface area contributed by atoms with Gasteiger partial charge in [0, 0.05) is 19.3 Å². The highest BCUT2D eigenvalue weighted by molar-refractivity contribution is 5.71. The van der Waals surface area contributed by atoms with Gasteiger partial charge in [-0.25, -0.2) is 0 Å². The SMILES string of the molecule is CC/C=C\C/C=C\C/C=C\C/C=C\CCCCC(=O)OC(COC(=O)CCCCCCC/C=C\C/C=C\CCC)COC(=O)CCCCCCCCCCCCCCCCCCC. The number of hydrogen-bond donors (Lipinski definition) is 0. The molecule has 0 aromatic rings. The quantitative estimate of drug-likeness (QED) is 0.0262. The van der Waals surface area contributed by atoms with Gasteiger partial charge in [-0.1, -0.05) is 222 Å². The van der Waals surface area contributed by atoms with E-state index in [0.717, 1.165) is 109 Å². The van der Waals surface area contributed by atoms with Crippen LogP contribution in [0.3, 0.4) is 0 Å². The normalized spacial score (nSPS) is 12.6. The molecule has 63 heavy (non-hydrogen) atoms. The Labute approximate surface area is 389 Å². The van der Waals surface area contributed by atoms with Gasteiger partial charge in [-0.2, -0.15) is 0 Å². The van der Waals surface area contributed by atoms with Crippen molar-refractivity contribution in [3.8, 4) is 0 Å². The van der Waals surface area contributed by atoms with Crippen molar-refractivity contribution in [1.29, 1.82) is 0 Å². The molecule has 0 spiro atoms. The van der Waals surface area contributed by atoms with E-state index in [1.807, 2.05) is 0 Å². The lowest BCUT2D eigenvalue weighted by atomic mass is 10.0. The van der Waals surface area contributed by atoms with Gasteiger partial charge < -0.3 is 14.2 Å². The minimum Gasteiger partial charge on any atom is -0.462 e. The molecule has 1 atom stereocenters. The van der Waals surface area contributed by atoms with Gasteiger partial charge in [0.05, 0.1) is 0 Å². The van der Waals surface area contributed by atoms with E-state index in [-0.39, 0.29) is 37.5 Å². The van der Waals surface area contributed by atoms with E-state index in [4.69, 9.17) is 14.2 Å². The minimum absolute atomic E-state index is 0.0950. The summed E-state index contributed by atoms with van der Waals surface area (Å²) >= 11 is 0. The van der Waals surface area contributed by atoms with Crippen molar-refractivity contribution in [1.82, 2.24) is 0 Å². The van der Waals surface area contributed by atoms with E-state index in [9.17, 15) is 14.4 Å². The molecule has 1 unspecified atom stereocenters. The summed E-state index contributed by atoms with van der Waals surface area (Å²) in [6, 6.07) is 0. The van der Waals surface area contributed by atoms with Crippen LogP contribution in [0.1, 0.15) is 252 Å². The van der Waals surface area contributed by atoms with Crippen molar-refractivity contribution in [3.63, 3.8) is 0 Å². The first-order valence-corrected chi connectivity index (χ1v) is 26.4. The van der Waals surface area contributed by atoms with E-state index in [0.29, 0.717) is 19.3 Å². The zero-order valence-electron chi connectivity index (χ0n) is 41.3. The van der Waals surface area contributed by atoms with Gasteiger partial charge in [-0.15, -0.1) is 0 Å². The van der Waals surface area contributed by atoms with Crippen LogP contribution in [0.4, 0.5) is 0 Å². The van der Waals surface area contributed by atoms with Gasteiger partial charge in [0.2, 0.25) is 0 Å². The summed E-state index contributed by atoms with van der Waals surface area (Å²) in [5.74, 6) is -0.948. The van der Waals surface area contributed by atoms with Gasteiger partial charge in [0.15, 0.2) is 6.10 Å². The highest BCUT2D eigenvalue weighted by Gasteiger charge is 2.19. The Hall–Kier alpha value is -3.15. The van der Waals surface area contributed by atoms with Crippen LogP contribution in [0.2, 0.25) is 0 Å². The number of hydrogen-bond acceptors (Lipinski definition) is 6. The van der Waals surface area contributed by atoms with Crippen LogP contribution in [0.15, 0.2) is 72.9 Å². The molecule has 0 aromatic carbocycles. The largest absolute Gasteiger partial charge is 0.462 e. The molecule has 0 aliphatic heterocycles. The van der Waals surface area contributed by atoms with Gasteiger partial charge in [-0.3, -0.25) is 14.4 Å². The first kappa shape index (κ1) is 59.9. The Morgan fingerprint density at radius 2 is 0.651 bits per heavy atom. The lowest BCUT2D eigenvalue weighted by molar-refractivity contribution is -0.167. The Kier molecular flexibility index (Phi) is 48.9. The molecule has 0 rings (SSSR count). The zero-order valence-corrected chi connectivity index (χ0v) is 41.3. The van der Waals surface area contributed by atoms with Gasteiger partial charge in [-0.05, 0) is 83.5 Å². The molecule has 0 radical (unpaired) electrons. The number of rotatable bonds is 47. The monoisotopic (exact) mass is 879 g/mol. The van der Waals surface area contributed by atoms with E-state index in [2.05, 4.69) is 93.7 Å². The number of esters is 3. The number of unbranched alkanes of at least 4 members (excludes halogenated alkanes) is 24. The Bertz CT molecular complexity index is 1190. The van der Waals surface area contributed by atoms with Crippen LogP contribution in [-0.4, -0.2) is 37.2 Å². The fourth-order valence-electron chi connectivity index (χ4n) is 7.24. The van der Waals surface area contributed by atoms with E-state index in [1.54, 1.807) is 0 Å². The Morgan fingerprint density at radius 1 is 0.333 bits per heavy atom. The second-order valence-corrected chi connectivity index (χ2v) is 17.4. The number of carbonyl (C=O) groups is 3. The van der Waals surface area contributed by atoms with Gasteiger partial charge >= 0.3 is 17.9 Å². The molecule has 0 saturated carbocycles. The average molecular weight is 879 g/mol. The summed E-state index contributed by atoms with van der Waals surface area (Å²) in [4.78, 5) is 38.0. The summed E-state index contributed by atoms with van der Waals surface area (Å²) in [6.07, 6.45) is 64.6. The molecular weight excluding hydrogens is 781 g/mol. The highest BCUT2D eigenvalue weighted by atomic mass is 16.6. The molecule has 0 bridgehead atoms. The topological polar surface area (TPSA) is 78.9 Å². The maximum Gasteiger partial charge on any atom is 0.306 e. The number of allylic oxidation sites excluding steroid dienone is 12. The van der Waals surface area contributed by atoms with Gasteiger partial charge in [0.25, 0.3) is 0 Å². The summed E-state index contributed by atoms with van der Waals surface area (Å²) in [6.45, 7) is 6.42. The maximum atomic E-state index is 12.8. The molecular formula is C57H98O6. The van der Waals surface area contributed by atoms with E-state index in [1.165, 1.54) is 96.3 Å². The van der Waals surface area contributed by atoms with Crippen molar-refractivity contribution in [2.75, 3.05) is 13.2 Å². The fraction of sp³-hybridized carbons (Fsp3) is 0.737. The molecule has 0 aliphatic carbocycles. The summed E-state index contributed by atoms with van der Waals surface area (Å²) in [5, 5.41) is 0. The average Bonchev–Trinajstić information content (AvgIpc) is 3.28. The molecule has 0 fully saturated rings. The van der Waals surface area contributed by atoms with Crippen LogP contribution in [0.5, 0.6) is 0 Å². The lowest BCUT2D eigenvalue weighted by Crippen LogP contribution is -2.30. The Morgan fingerprint density at radius 3 is 1.06 bits per heavy atom. The maximum absolute atomic E-state index is 12.8. The van der Waals surface area contributed by atoms with Crippen molar-refractivity contribution < 1.29 is 28.6 Å². The lowest BCUT2D eigenvalue weighted by Gasteiger charge is -2.18. The molecule has 0 saturated heterocycles. The highest BCUT2D eigenvalue weighted by Crippen LogP contribution is 2.15. The van der Waals surface area contributed by atoms with E-state index < -0.39 is 6.10 Å². The smallest absolute Gasteiger partial charge is 0.306 e. The summed E-state index contributed by atoms with van der Waals surface area (Å²) in [7, 11) is 0. The predicted molar refractivity (Wildman–Crippen MR) is 270 cm³/mol. The summed E-state index contributed by atoms with van der Waals surface area (Å²) < 4.78 is 16.8. The molecule has 6 nitrogen and oxygen atoms in total. The van der Waals surface area contributed by atoms with E-state index >= 15 is 0 Å². The van der Waals surface area contributed by atoms with Crippen molar-refractivity contribution in [3.05, 3.63) is 72.9 Å². The molecule has 362 valence electrons. The first-order chi connectivity index (χ1) is 31.0. The predicted octanol–water partition coefficient (Wildman–Crippen LogP) is 17.4. The van der Waals surface area contributed by atoms with Crippen LogP contribution >= 0.6 is 0 Å². The molecule has 0 amide bonds. The van der Waals surface area contributed by atoms with Gasteiger partial charge in [0.1, 0.15) is 13.2 Å². The first-order valence-electron chi connectivity index (χ1n) is 26.4. The standard InChI is InChI=1S/C57H98O6/c1-4-7-10-13-16-19-22-25-27-28-30-32-35-38-41-44-47-50-56(59)62-53-54(52-61-55(58)49-46-43-40-37-34-31-24-21-18-15-12-9-6-3)63-57(60)51-48-45-42-39-36-33-29-26-23-20-17-14-11-8-5-2/h8,11-12,15,17,20-21,24,26,29,36,39,54H,4-7,9-10,13-14,16,18-19,22-23,25,27-28,30-35,37-38,40-53H2,1-3H3/b11-8-,15-12-,20-17-,24-21-,29-26-,39-36-. The fourth-order valence-corrected chi connectivity index (χ4v) is 7.24. The molecule has 0 aromatic heterocycles. The van der Waals surface area contributed by atoms with Crippen molar-refractivity contribution in [2.45, 2.75) is 258 Å². The van der Waals surface area contributed by atoms with Crippen LogP contribution in [0, 0.1) is 0 Å². The number of ether oxygens (including phenoxy) is 3. The second kappa shape index (κ2) is 51.5. The van der Waals surface area contributed by atoms with Crippen molar-refractivity contribution >= 4 is 17.9 Å². The molecule has 0 heterocycles. The van der Waals surface area contributed by atoms with Crippen molar-refractivity contribution in [2.24, 2.45) is 0 Å². The third kappa shape index (κ3) is 49.7. The van der Waals surface area contributed by atoms with Crippen LogP contribution in [-0.2, 0) is 28.6 Å². The second-order valence-electron chi connectivity index (χ2n) is 17.4. The minimum atomic E-state index is -0.800. The Balaban J connectivity index is 4.43. The zero-order chi connectivity index (χ0) is 45.8. The molecule has 6 heteroatoms. The third-order valence-electron chi connectivity index (χ3n) is 11.2. The van der Waals surface area contributed by atoms with Crippen LogP contribution in [0.25, 0.3) is 0 Å². The molecule has 0 N–H and O–H groups in total. The van der Waals surface area contributed by atoms with Crippen LogP contribution < -0.4 is 0 Å². The summed E-state index contributed by atoms with van der Waals surface area (Å²) in [5.41, 5.74) is 0.